The normalized spacial score (nSPS) is 16.7. The maximum absolute atomic E-state index is 2.62. The lowest BCUT2D eigenvalue weighted by Gasteiger charge is -2.43. The first kappa shape index (κ1) is 35.3. The molecule has 0 saturated heterocycles. The summed E-state index contributed by atoms with van der Waals surface area (Å²) < 4.78 is 2.57. The van der Waals surface area contributed by atoms with E-state index in [4.69, 9.17) is 0 Å². The van der Waals surface area contributed by atoms with Crippen LogP contribution in [0.3, 0.4) is 0 Å². The summed E-state index contributed by atoms with van der Waals surface area (Å²) in [6.07, 6.45) is 2.21. The van der Waals surface area contributed by atoms with Gasteiger partial charge in [0.25, 0.3) is 0 Å². The molecule has 10 aromatic rings. The lowest BCUT2D eigenvalue weighted by molar-refractivity contribution is 0.627. The molecule has 9 aromatic carbocycles. The summed E-state index contributed by atoms with van der Waals surface area (Å²) in [6.45, 7) is 9.66. The van der Waals surface area contributed by atoms with Gasteiger partial charge in [-0.25, -0.2) is 0 Å². The first-order valence-electron chi connectivity index (χ1n) is 23.2. The van der Waals surface area contributed by atoms with Crippen molar-refractivity contribution in [2.24, 2.45) is 7.05 Å². The van der Waals surface area contributed by atoms with Crippen LogP contribution < -0.4 is 4.90 Å². The van der Waals surface area contributed by atoms with Crippen LogP contribution in [0.5, 0.6) is 0 Å². The van der Waals surface area contributed by atoms with E-state index < -0.39 is 5.41 Å². The fourth-order valence-corrected chi connectivity index (χ4v) is 14.1. The largest absolute Gasteiger partial charge is 0.341 e. The minimum absolute atomic E-state index is 0.121. The summed E-state index contributed by atoms with van der Waals surface area (Å²) in [5.74, 6) is 0. The number of rotatable bonds is 1. The molecular formula is C62H46N2. The second-order valence-corrected chi connectivity index (χ2v) is 20.3. The van der Waals surface area contributed by atoms with Crippen LogP contribution in [0.2, 0.25) is 0 Å². The van der Waals surface area contributed by atoms with Gasteiger partial charge in [0, 0.05) is 34.2 Å². The molecular weight excluding hydrogens is 773 g/mol. The van der Waals surface area contributed by atoms with Gasteiger partial charge < -0.3 is 9.47 Å². The highest BCUT2D eigenvalue weighted by Crippen LogP contribution is 2.64. The molecule has 0 radical (unpaired) electrons. The summed E-state index contributed by atoms with van der Waals surface area (Å²) in [7, 11) is 2.34. The zero-order chi connectivity index (χ0) is 42.6. The van der Waals surface area contributed by atoms with E-state index in [0.29, 0.717) is 0 Å². The van der Waals surface area contributed by atoms with Gasteiger partial charge in [-0.15, -0.1) is 0 Å². The first-order valence-corrected chi connectivity index (χ1v) is 23.2. The number of nitrogens with zero attached hydrogens (tertiary/aromatic N) is 2. The van der Waals surface area contributed by atoms with Gasteiger partial charge in [-0.05, 0) is 131 Å². The fraction of sp³-hybridized carbons (Fsp3) is 0.161. The van der Waals surface area contributed by atoms with Crippen LogP contribution in [0.15, 0.2) is 164 Å². The van der Waals surface area contributed by atoms with Gasteiger partial charge in [-0.2, -0.15) is 0 Å². The van der Waals surface area contributed by atoms with Crippen LogP contribution in [-0.2, 0) is 36.1 Å². The van der Waals surface area contributed by atoms with Crippen molar-refractivity contribution in [2.45, 2.75) is 56.8 Å². The molecule has 0 amide bonds. The number of benzene rings is 9. The summed E-state index contributed by atoms with van der Waals surface area (Å²) in [6, 6.07) is 63.7. The van der Waals surface area contributed by atoms with Crippen LogP contribution in [0.4, 0.5) is 17.1 Å². The zero-order valence-corrected chi connectivity index (χ0v) is 36.9. The molecule has 1 spiro atoms. The van der Waals surface area contributed by atoms with E-state index in [9.17, 15) is 0 Å². The second kappa shape index (κ2) is 11.5. The lowest BCUT2D eigenvalue weighted by atomic mass is 9.61. The van der Waals surface area contributed by atoms with Crippen molar-refractivity contribution in [1.82, 2.24) is 4.57 Å². The van der Waals surface area contributed by atoms with Gasteiger partial charge in [0.1, 0.15) is 0 Å². The number of aromatic nitrogens is 1. The average molecular weight is 819 g/mol. The number of para-hydroxylation sites is 2. The molecule has 2 nitrogen and oxygen atoms in total. The first-order chi connectivity index (χ1) is 31.2. The van der Waals surface area contributed by atoms with E-state index in [1.807, 2.05) is 0 Å². The van der Waals surface area contributed by atoms with Crippen molar-refractivity contribution in [3.05, 3.63) is 219 Å². The minimum atomic E-state index is -0.455. The van der Waals surface area contributed by atoms with Crippen molar-refractivity contribution in [1.29, 1.82) is 0 Å². The number of aryl methyl sites for hydroxylation is 3. The smallest absolute Gasteiger partial charge is 0.0733 e. The molecule has 304 valence electrons. The van der Waals surface area contributed by atoms with Gasteiger partial charge in [0.2, 0.25) is 0 Å². The predicted octanol–water partition coefficient (Wildman–Crippen LogP) is 15.3. The number of hydrogen-bond acceptors (Lipinski definition) is 1. The molecule has 2 heteroatoms. The molecule has 1 aliphatic heterocycles. The van der Waals surface area contributed by atoms with Gasteiger partial charge in [-0.3, -0.25) is 0 Å². The maximum atomic E-state index is 2.62. The Hall–Kier alpha value is -7.16. The van der Waals surface area contributed by atoms with Gasteiger partial charge in [-0.1, -0.05) is 167 Å². The third-order valence-corrected chi connectivity index (χ3v) is 16.9. The zero-order valence-electron chi connectivity index (χ0n) is 36.9. The highest BCUT2D eigenvalue weighted by molar-refractivity contribution is 6.21. The molecule has 5 aliphatic rings. The molecule has 0 bridgehead atoms. The van der Waals surface area contributed by atoms with Gasteiger partial charge in [0.05, 0.1) is 33.5 Å². The van der Waals surface area contributed by atoms with Gasteiger partial charge >= 0.3 is 0 Å². The molecule has 0 saturated carbocycles. The molecule has 0 fully saturated rings. The van der Waals surface area contributed by atoms with Gasteiger partial charge in [0.15, 0.2) is 0 Å². The third kappa shape index (κ3) is 3.86. The van der Waals surface area contributed by atoms with E-state index >= 15 is 0 Å². The van der Waals surface area contributed by atoms with Crippen LogP contribution in [0, 0.1) is 0 Å². The van der Waals surface area contributed by atoms with Crippen molar-refractivity contribution in [3.8, 4) is 33.4 Å². The summed E-state index contributed by atoms with van der Waals surface area (Å²) >= 11 is 0. The molecule has 64 heavy (non-hydrogen) atoms. The highest BCUT2D eigenvalue weighted by atomic mass is 15.2. The van der Waals surface area contributed by atoms with E-state index in [2.05, 4.69) is 208 Å². The predicted molar refractivity (Wildman–Crippen MR) is 266 cm³/mol. The average Bonchev–Trinajstić information content (AvgIpc) is 4.03. The van der Waals surface area contributed by atoms with Crippen LogP contribution in [0.25, 0.3) is 66.0 Å². The Balaban J connectivity index is 1.07. The standard InChI is InChI=1S/C62H46N2/c1-60(2)44-19-9-6-17-39(44)43-33-51-54(34-50(43)60)64(52-23-13-12-22-47(52)61(51,3)4)53-24-14-18-40-41-30-32-49-57(59(41)63(5)58(40)53)42-29-27-35-25-26-36-28-31-48(56(42)55(35)36)62(49)45-20-10-7-15-37(45)38-16-8-11-21-46(38)62/h6-24,27-34H,25-26H2,1-5H3. The third-order valence-electron chi connectivity index (χ3n) is 16.9. The minimum Gasteiger partial charge on any atom is -0.341 e. The number of anilines is 3. The molecule has 2 heterocycles. The summed E-state index contributed by atoms with van der Waals surface area (Å²) in [5.41, 5.74) is 27.8. The quantitative estimate of drug-likeness (QED) is 0.160. The van der Waals surface area contributed by atoms with Crippen LogP contribution in [-0.4, -0.2) is 4.57 Å². The fourth-order valence-electron chi connectivity index (χ4n) is 14.1. The van der Waals surface area contributed by atoms with Crippen molar-refractivity contribution < 1.29 is 0 Å². The lowest BCUT2D eigenvalue weighted by Crippen LogP contribution is -2.32. The molecule has 15 rings (SSSR count). The highest BCUT2D eigenvalue weighted by Gasteiger charge is 2.51. The Morgan fingerprint density at radius 3 is 1.69 bits per heavy atom. The van der Waals surface area contributed by atoms with E-state index in [1.165, 1.54) is 139 Å². The van der Waals surface area contributed by atoms with Crippen molar-refractivity contribution in [2.75, 3.05) is 4.90 Å². The topological polar surface area (TPSA) is 8.17 Å². The maximum Gasteiger partial charge on any atom is 0.0733 e. The van der Waals surface area contributed by atoms with Crippen LogP contribution >= 0.6 is 0 Å². The SMILES string of the molecule is Cn1c2c(N3c4ccccc4C(C)(C)c4cc5c(cc43)C(C)(C)c3ccccc3-5)cccc2c2ccc3c(c21)-c1ccc2c4c(ccc(c14)C31c3ccccc3-c3ccccc31)CC2. The molecule has 0 atom stereocenters. The van der Waals surface area contributed by atoms with E-state index in [1.54, 1.807) is 0 Å². The monoisotopic (exact) mass is 818 g/mol. The molecule has 1 aromatic heterocycles. The Kier molecular flexibility index (Phi) is 6.35. The Morgan fingerprint density at radius 2 is 0.953 bits per heavy atom. The Morgan fingerprint density at radius 1 is 0.375 bits per heavy atom. The number of hydrogen-bond donors (Lipinski definition) is 0. The Labute approximate surface area is 374 Å². The molecule has 4 aliphatic carbocycles. The van der Waals surface area contributed by atoms with Crippen molar-refractivity contribution in [3.63, 3.8) is 0 Å². The van der Waals surface area contributed by atoms with Crippen molar-refractivity contribution >= 4 is 49.6 Å². The molecule has 0 unspecified atom stereocenters. The van der Waals surface area contributed by atoms with E-state index in [0.717, 1.165) is 12.8 Å². The summed E-state index contributed by atoms with van der Waals surface area (Å²) in [5, 5.41) is 5.52. The van der Waals surface area contributed by atoms with E-state index in [-0.39, 0.29) is 10.8 Å². The number of fused-ring (bicyclic) bond motifs is 18. The summed E-state index contributed by atoms with van der Waals surface area (Å²) in [4.78, 5) is 2.62. The molecule has 0 N–H and O–H groups in total. The van der Waals surface area contributed by atoms with Crippen LogP contribution in [0.1, 0.15) is 83.3 Å². The second-order valence-electron chi connectivity index (χ2n) is 20.3. The Bertz CT molecular complexity index is 3760.